The second-order valence-corrected chi connectivity index (χ2v) is 8.57. The minimum absolute atomic E-state index is 0.0921. The molecule has 2 aromatic rings. The van der Waals surface area contributed by atoms with E-state index < -0.39 is 0 Å². The molecule has 2 amide bonds. The van der Waals surface area contributed by atoms with Crippen LogP contribution in [-0.2, 0) is 15.0 Å². The van der Waals surface area contributed by atoms with E-state index in [0.717, 1.165) is 18.5 Å². The van der Waals surface area contributed by atoms with Gasteiger partial charge in [-0.15, -0.1) is 11.3 Å². The summed E-state index contributed by atoms with van der Waals surface area (Å²) in [6.45, 7) is 4.52. The number of benzene rings is 1. The van der Waals surface area contributed by atoms with Gasteiger partial charge in [-0.1, -0.05) is 30.3 Å². The Bertz CT molecular complexity index is 858. The van der Waals surface area contributed by atoms with Gasteiger partial charge in [-0.05, 0) is 25.3 Å². The number of nitrogen functional groups attached to an aromatic ring is 1. The fraction of sp³-hybridized carbons (Fsp3) is 0.476. The summed E-state index contributed by atoms with van der Waals surface area (Å²) in [4.78, 5) is 33.3. The zero-order valence-electron chi connectivity index (χ0n) is 16.1. The number of hydrogen-bond acceptors (Lipinski definition) is 5. The predicted octanol–water partition coefficient (Wildman–Crippen LogP) is 2.50. The van der Waals surface area contributed by atoms with Gasteiger partial charge >= 0.3 is 0 Å². The van der Waals surface area contributed by atoms with Gasteiger partial charge < -0.3 is 15.5 Å². The monoisotopic (exact) mass is 398 g/mol. The molecule has 1 aromatic carbocycles. The number of thiazole rings is 1. The van der Waals surface area contributed by atoms with Crippen molar-refractivity contribution in [3.63, 3.8) is 0 Å². The van der Waals surface area contributed by atoms with Gasteiger partial charge in [-0.2, -0.15) is 0 Å². The van der Waals surface area contributed by atoms with Gasteiger partial charge in [-0.3, -0.25) is 9.59 Å². The Morgan fingerprint density at radius 3 is 2.57 bits per heavy atom. The summed E-state index contributed by atoms with van der Waals surface area (Å²) in [5.41, 5.74) is 7.93. The first-order valence-corrected chi connectivity index (χ1v) is 10.7. The Morgan fingerprint density at radius 2 is 2.00 bits per heavy atom. The van der Waals surface area contributed by atoms with Crippen LogP contribution in [0, 0.1) is 5.92 Å². The van der Waals surface area contributed by atoms with Crippen molar-refractivity contribution in [1.29, 1.82) is 0 Å². The number of hydrogen-bond donors (Lipinski definition) is 1. The molecule has 1 atom stereocenters. The minimum Gasteiger partial charge on any atom is -0.375 e. The molecule has 7 heteroatoms. The third-order valence-corrected chi connectivity index (χ3v) is 6.89. The molecule has 148 valence electrons. The van der Waals surface area contributed by atoms with E-state index in [-0.39, 0.29) is 23.1 Å². The summed E-state index contributed by atoms with van der Waals surface area (Å²) in [5.74, 6) is 0.00443. The van der Waals surface area contributed by atoms with Crippen molar-refractivity contribution >= 4 is 28.3 Å². The molecule has 0 radical (unpaired) electrons. The molecular weight excluding hydrogens is 372 g/mol. The fourth-order valence-corrected chi connectivity index (χ4v) is 5.23. The number of likely N-dealkylation sites (tertiary alicyclic amines) is 2. The van der Waals surface area contributed by atoms with Crippen LogP contribution >= 0.6 is 11.3 Å². The van der Waals surface area contributed by atoms with E-state index in [2.05, 4.69) is 22.5 Å². The summed E-state index contributed by atoms with van der Waals surface area (Å²) < 4.78 is 0. The maximum Gasteiger partial charge on any atom is 0.227 e. The molecule has 0 spiro atoms. The van der Waals surface area contributed by atoms with E-state index in [1.165, 1.54) is 16.9 Å². The quantitative estimate of drug-likeness (QED) is 0.858. The normalized spacial score (nSPS) is 21.9. The van der Waals surface area contributed by atoms with Crippen molar-refractivity contribution < 1.29 is 9.59 Å². The topological polar surface area (TPSA) is 79.5 Å². The lowest BCUT2D eigenvalue weighted by Crippen LogP contribution is -2.48. The molecular formula is C21H26N4O2S. The maximum absolute atomic E-state index is 13.0. The van der Waals surface area contributed by atoms with E-state index in [1.54, 1.807) is 4.90 Å². The number of nitrogens with zero attached hydrogens (tertiary/aromatic N) is 3. The molecule has 28 heavy (non-hydrogen) atoms. The molecule has 0 bridgehead atoms. The average molecular weight is 399 g/mol. The van der Waals surface area contributed by atoms with E-state index in [1.807, 2.05) is 30.0 Å². The van der Waals surface area contributed by atoms with Gasteiger partial charge in [0, 0.05) is 43.4 Å². The third-order valence-electron chi connectivity index (χ3n) is 6.21. The van der Waals surface area contributed by atoms with Gasteiger partial charge in [0.1, 0.15) is 0 Å². The van der Waals surface area contributed by atoms with Crippen molar-refractivity contribution in [2.45, 2.75) is 31.6 Å². The lowest BCUT2D eigenvalue weighted by molar-refractivity contribution is -0.137. The lowest BCUT2D eigenvalue weighted by Gasteiger charge is -2.42. The van der Waals surface area contributed by atoms with Gasteiger partial charge in [0.2, 0.25) is 11.8 Å². The maximum atomic E-state index is 13.0. The smallest absolute Gasteiger partial charge is 0.227 e. The summed E-state index contributed by atoms with van der Waals surface area (Å²) in [6.07, 6.45) is 1.96. The van der Waals surface area contributed by atoms with Gasteiger partial charge in [0.25, 0.3) is 0 Å². The zero-order valence-corrected chi connectivity index (χ0v) is 17.0. The molecule has 2 fully saturated rings. The average Bonchev–Trinajstić information content (AvgIpc) is 3.34. The molecule has 2 aliphatic rings. The van der Waals surface area contributed by atoms with Crippen molar-refractivity contribution in [1.82, 2.24) is 14.8 Å². The Labute approximate surface area is 169 Å². The molecule has 1 unspecified atom stereocenters. The van der Waals surface area contributed by atoms with Crippen LogP contribution in [-0.4, -0.2) is 52.8 Å². The summed E-state index contributed by atoms with van der Waals surface area (Å²) >= 11 is 1.46. The predicted molar refractivity (Wildman–Crippen MR) is 110 cm³/mol. The number of amides is 2. The molecule has 2 N–H and O–H groups in total. The van der Waals surface area contributed by atoms with Crippen molar-refractivity contribution in [2.24, 2.45) is 5.92 Å². The Hall–Kier alpha value is -2.41. The Balaban J connectivity index is 1.53. The van der Waals surface area contributed by atoms with E-state index in [0.29, 0.717) is 37.7 Å². The second-order valence-electron chi connectivity index (χ2n) is 7.68. The number of piperidine rings is 1. The first kappa shape index (κ1) is 18.9. The highest BCUT2D eigenvalue weighted by molar-refractivity contribution is 7.13. The van der Waals surface area contributed by atoms with Crippen LogP contribution in [0.1, 0.15) is 37.4 Å². The van der Waals surface area contributed by atoms with Crippen molar-refractivity contribution in [3.05, 3.63) is 47.0 Å². The van der Waals surface area contributed by atoms with Crippen LogP contribution in [0.15, 0.2) is 35.7 Å². The Morgan fingerprint density at radius 1 is 1.29 bits per heavy atom. The van der Waals surface area contributed by atoms with Crippen LogP contribution < -0.4 is 5.73 Å². The summed E-state index contributed by atoms with van der Waals surface area (Å²) in [5, 5.41) is 2.63. The van der Waals surface area contributed by atoms with Gasteiger partial charge in [-0.25, -0.2) is 4.98 Å². The van der Waals surface area contributed by atoms with E-state index in [4.69, 9.17) is 5.73 Å². The molecule has 4 rings (SSSR count). The summed E-state index contributed by atoms with van der Waals surface area (Å²) in [6, 6.07) is 10.4. The lowest BCUT2D eigenvalue weighted by atomic mass is 9.70. The molecule has 0 saturated carbocycles. The number of carbonyl (C=O) groups excluding carboxylic acids is 2. The molecule has 3 heterocycles. The number of anilines is 1. The van der Waals surface area contributed by atoms with Gasteiger partial charge in [0.15, 0.2) is 5.13 Å². The SMILES string of the molecule is CCN1CC(C(=O)N2CCC(c3ccccc3)(c3csc(N)n3)CC2)CC1=O. The molecule has 0 aliphatic carbocycles. The fourth-order valence-electron chi connectivity index (χ4n) is 4.57. The first-order chi connectivity index (χ1) is 13.5. The zero-order chi connectivity index (χ0) is 19.7. The van der Waals surface area contributed by atoms with Crippen molar-refractivity contribution in [2.75, 3.05) is 31.9 Å². The number of nitrogens with two attached hydrogens (primary N) is 1. The standard InChI is InChI=1S/C21H26N4O2S/c1-2-24-13-15(12-18(24)26)19(27)25-10-8-21(9-11-25,16-6-4-3-5-7-16)17-14-28-20(22)23-17/h3-7,14-15H,2,8-13H2,1H3,(H2,22,23). The second kappa shape index (κ2) is 7.54. The molecule has 2 saturated heterocycles. The third kappa shape index (κ3) is 3.28. The van der Waals surface area contributed by atoms with Crippen LogP contribution in [0.5, 0.6) is 0 Å². The van der Waals surface area contributed by atoms with Crippen LogP contribution in [0.3, 0.4) is 0 Å². The van der Waals surface area contributed by atoms with Gasteiger partial charge in [0.05, 0.1) is 11.6 Å². The van der Waals surface area contributed by atoms with Crippen LogP contribution in [0.25, 0.3) is 0 Å². The largest absolute Gasteiger partial charge is 0.375 e. The van der Waals surface area contributed by atoms with Crippen LogP contribution in [0.4, 0.5) is 5.13 Å². The number of carbonyl (C=O) groups is 2. The highest BCUT2D eigenvalue weighted by Gasteiger charge is 2.43. The molecule has 6 nitrogen and oxygen atoms in total. The van der Waals surface area contributed by atoms with Crippen molar-refractivity contribution in [3.8, 4) is 0 Å². The Kier molecular flexibility index (Phi) is 5.10. The van der Waals surface area contributed by atoms with Crippen LogP contribution in [0.2, 0.25) is 0 Å². The summed E-state index contributed by atoms with van der Waals surface area (Å²) in [7, 11) is 0. The number of aromatic nitrogens is 1. The minimum atomic E-state index is -0.215. The molecule has 2 aliphatic heterocycles. The van der Waals surface area contributed by atoms with E-state index in [9.17, 15) is 9.59 Å². The highest BCUT2D eigenvalue weighted by Crippen LogP contribution is 2.42. The molecule has 1 aromatic heterocycles. The van der Waals surface area contributed by atoms with E-state index >= 15 is 0 Å². The highest BCUT2D eigenvalue weighted by atomic mass is 32.1. The first-order valence-electron chi connectivity index (χ1n) is 9.87. The number of rotatable bonds is 4.